The molecule has 0 aromatic heterocycles. The van der Waals surface area contributed by atoms with Gasteiger partial charge in [-0.2, -0.15) is 0 Å². The summed E-state index contributed by atoms with van der Waals surface area (Å²) in [7, 11) is 0. The molecule has 13 heavy (non-hydrogen) atoms. The Morgan fingerprint density at radius 2 is 1.92 bits per heavy atom. The third kappa shape index (κ3) is 2.29. The van der Waals surface area contributed by atoms with E-state index in [0.29, 0.717) is 0 Å². The molecule has 1 aliphatic rings. The Morgan fingerprint density at radius 3 is 2.38 bits per heavy atom. The zero-order valence-electron chi connectivity index (χ0n) is 6.82. The van der Waals surface area contributed by atoms with Gasteiger partial charge in [0.2, 0.25) is 0 Å². The van der Waals surface area contributed by atoms with E-state index in [1.807, 2.05) is 0 Å². The summed E-state index contributed by atoms with van der Waals surface area (Å²) in [5.74, 6) is -0.729. The Kier molecular flexibility index (Phi) is 2.63. The van der Waals surface area contributed by atoms with E-state index < -0.39 is 6.03 Å². The van der Waals surface area contributed by atoms with E-state index in [0.717, 1.165) is 4.90 Å². The van der Waals surface area contributed by atoms with Crippen LogP contribution in [0, 0.1) is 0 Å². The molecule has 0 radical (unpaired) electrons. The van der Waals surface area contributed by atoms with Crippen molar-refractivity contribution in [1.82, 2.24) is 10.2 Å². The van der Waals surface area contributed by atoms with Gasteiger partial charge in [-0.15, -0.1) is 0 Å². The number of hydrogen-bond donors (Lipinski definition) is 2. The first-order valence-corrected chi connectivity index (χ1v) is 3.68. The number of urea groups is 1. The number of amides is 4. The minimum absolute atomic E-state index is 0.146. The van der Waals surface area contributed by atoms with E-state index in [2.05, 4.69) is 5.32 Å². The molecule has 3 N–H and O–H groups in total. The predicted octanol–water partition coefficient (Wildman–Crippen LogP) is -1.42. The Bertz CT molecular complexity index is 267. The van der Waals surface area contributed by atoms with Gasteiger partial charge in [0.05, 0.1) is 0 Å². The number of rotatable bonds is 3. The summed E-state index contributed by atoms with van der Waals surface area (Å²) in [5.41, 5.74) is 4.79. The van der Waals surface area contributed by atoms with Crippen LogP contribution < -0.4 is 11.1 Å². The lowest BCUT2D eigenvalue weighted by Gasteiger charge is -2.12. The van der Waals surface area contributed by atoms with Crippen LogP contribution in [-0.4, -0.2) is 35.8 Å². The molecule has 6 nitrogen and oxygen atoms in total. The molecular weight excluding hydrogens is 174 g/mol. The third-order valence-corrected chi connectivity index (χ3v) is 1.54. The maximum absolute atomic E-state index is 10.9. The minimum atomic E-state index is -0.674. The topological polar surface area (TPSA) is 92.5 Å². The van der Waals surface area contributed by atoms with Gasteiger partial charge in [0.15, 0.2) is 0 Å². The second-order valence-corrected chi connectivity index (χ2v) is 2.45. The molecule has 4 amide bonds. The fourth-order valence-electron chi connectivity index (χ4n) is 0.942. The first-order valence-electron chi connectivity index (χ1n) is 3.68. The van der Waals surface area contributed by atoms with Gasteiger partial charge in [-0.25, -0.2) is 4.79 Å². The van der Waals surface area contributed by atoms with Gasteiger partial charge in [-0.3, -0.25) is 14.5 Å². The van der Waals surface area contributed by atoms with Crippen molar-refractivity contribution in [3.8, 4) is 0 Å². The summed E-state index contributed by atoms with van der Waals surface area (Å²) >= 11 is 0. The molecule has 0 fully saturated rings. The molecular formula is C7H9N3O3. The average Bonchev–Trinajstić information content (AvgIpc) is 2.34. The van der Waals surface area contributed by atoms with Crippen molar-refractivity contribution in [2.45, 2.75) is 0 Å². The highest BCUT2D eigenvalue weighted by molar-refractivity contribution is 6.12. The van der Waals surface area contributed by atoms with Crippen molar-refractivity contribution in [2.75, 3.05) is 13.1 Å². The lowest BCUT2D eigenvalue weighted by Crippen LogP contribution is -2.39. The highest BCUT2D eigenvalue weighted by Crippen LogP contribution is 2.01. The van der Waals surface area contributed by atoms with Crippen molar-refractivity contribution < 1.29 is 14.4 Å². The van der Waals surface area contributed by atoms with Gasteiger partial charge in [-0.1, -0.05) is 0 Å². The zero-order chi connectivity index (χ0) is 9.84. The standard InChI is InChI=1S/C7H9N3O3/c8-7(13)9-3-4-10-5(11)1-2-6(10)12/h1-2H,3-4H2,(H3,8,9,13). The number of carbonyl (C=O) groups excluding carboxylic acids is 3. The first kappa shape index (κ1) is 9.24. The van der Waals surface area contributed by atoms with Crippen LogP contribution in [0.2, 0.25) is 0 Å². The highest BCUT2D eigenvalue weighted by Gasteiger charge is 2.22. The van der Waals surface area contributed by atoms with E-state index in [9.17, 15) is 14.4 Å². The number of imide groups is 1. The van der Waals surface area contributed by atoms with E-state index in [1.54, 1.807) is 0 Å². The quantitative estimate of drug-likeness (QED) is 0.526. The molecule has 0 aliphatic carbocycles. The molecule has 0 bridgehead atoms. The largest absolute Gasteiger partial charge is 0.352 e. The lowest BCUT2D eigenvalue weighted by atomic mass is 10.5. The van der Waals surface area contributed by atoms with Gasteiger partial charge in [0.25, 0.3) is 11.8 Å². The molecule has 6 heteroatoms. The van der Waals surface area contributed by atoms with Crippen molar-refractivity contribution in [3.63, 3.8) is 0 Å². The van der Waals surface area contributed by atoms with Gasteiger partial charge in [-0.05, 0) is 0 Å². The van der Waals surface area contributed by atoms with Gasteiger partial charge >= 0.3 is 6.03 Å². The van der Waals surface area contributed by atoms with E-state index in [-0.39, 0.29) is 24.9 Å². The van der Waals surface area contributed by atoms with Crippen LogP contribution in [0.25, 0.3) is 0 Å². The average molecular weight is 183 g/mol. The second kappa shape index (κ2) is 3.70. The Hall–Kier alpha value is -1.85. The molecule has 0 saturated carbocycles. The van der Waals surface area contributed by atoms with Crippen LogP contribution in [0.1, 0.15) is 0 Å². The van der Waals surface area contributed by atoms with Crippen LogP contribution in [0.4, 0.5) is 4.79 Å². The number of nitrogens with two attached hydrogens (primary N) is 1. The molecule has 1 rings (SSSR count). The maximum atomic E-state index is 10.9. The zero-order valence-corrected chi connectivity index (χ0v) is 6.82. The molecule has 0 spiro atoms. The molecule has 1 heterocycles. The van der Waals surface area contributed by atoms with E-state index in [4.69, 9.17) is 5.73 Å². The summed E-state index contributed by atoms with van der Waals surface area (Å²) in [4.78, 5) is 33.1. The SMILES string of the molecule is NC(=O)NCCN1C(=O)C=CC1=O. The molecule has 1 aliphatic heterocycles. The predicted molar refractivity (Wildman–Crippen MR) is 43.4 cm³/mol. The lowest BCUT2D eigenvalue weighted by molar-refractivity contribution is -0.136. The number of primary amides is 1. The van der Waals surface area contributed by atoms with E-state index in [1.165, 1.54) is 12.2 Å². The fraction of sp³-hybridized carbons (Fsp3) is 0.286. The van der Waals surface area contributed by atoms with Gasteiger partial charge < -0.3 is 11.1 Å². The van der Waals surface area contributed by atoms with Crippen molar-refractivity contribution in [2.24, 2.45) is 5.73 Å². The van der Waals surface area contributed by atoms with Crippen molar-refractivity contribution in [1.29, 1.82) is 0 Å². The van der Waals surface area contributed by atoms with Crippen LogP contribution >= 0.6 is 0 Å². The molecule has 70 valence electrons. The molecule has 0 aromatic rings. The summed E-state index contributed by atoms with van der Waals surface area (Å²) in [6, 6.07) is -0.674. The Labute approximate surface area is 74.4 Å². The molecule has 0 atom stereocenters. The summed E-state index contributed by atoms with van der Waals surface area (Å²) in [6.07, 6.45) is 2.37. The maximum Gasteiger partial charge on any atom is 0.312 e. The number of carbonyl (C=O) groups is 3. The van der Waals surface area contributed by atoms with Gasteiger partial charge in [0.1, 0.15) is 0 Å². The minimum Gasteiger partial charge on any atom is -0.352 e. The van der Waals surface area contributed by atoms with Crippen LogP contribution in [-0.2, 0) is 9.59 Å². The van der Waals surface area contributed by atoms with Crippen LogP contribution in [0.3, 0.4) is 0 Å². The first-order chi connectivity index (χ1) is 6.11. The monoisotopic (exact) mass is 183 g/mol. The number of nitrogens with zero attached hydrogens (tertiary/aromatic N) is 1. The second-order valence-electron chi connectivity index (χ2n) is 2.45. The smallest absolute Gasteiger partial charge is 0.312 e. The van der Waals surface area contributed by atoms with Crippen molar-refractivity contribution >= 4 is 17.8 Å². The number of hydrogen-bond acceptors (Lipinski definition) is 3. The summed E-state index contributed by atoms with van der Waals surface area (Å²) < 4.78 is 0. The normalized spacial score (nSPS) is 15.2. The summed E-state index contributed by atoms with van der Waals surface area (Å²) in [6.45, 7) is 0.322. The number of nitrogens with one attached hydrogen (secondary N) is 1. The van der Waals surface area contributed by atoms with Crippen LogP contribution in [0.15, 0.2) is 12.2 Å². The summed E-state index contributed by atoms with van der Waals surface area (Å²) in [5, 5.41) is 2.28. The fourth-order valence-corrected chi connectivity index (χ4v) is 0.942. The molecule has 0 aromatic carbocycles. The highest BCUT2D eigenvalue weighted by atomic mass is 16.2. The van der Waals surface area contributed by atoms with E-state index >= 15 is 0 Å². The van der Waals surface area contributed by atoms with Crippen molar-refractivity contribution in [3.05, 3.63) is 12.2 Å². The molecule has 0 unspecified atom stereocenters. The molecule has 0 saturated heterocycles. The Morgan fingerprint density at radius 1 is 1.38 bits per heavy atom. The van der Waals surface area contributed by atoms with Gasteiger partial charge in [0, 0.05) is 25.2 Å². The van der Waals surface area contributed by atoms with Crippen LogP contribution in [0.5, 0.6) is 0 Å². The third-order valence-electron chi connectivity index (χ3n) is 1.54. The Balaban J connectivity index is 2.34.